The summed E-state index contributed by atoms with van der Waals surface area (Å²) in [4.78, 5) is 16.8. The third-order valence-corrected chi connectivity index (χ3v) is 4.36. The number of nitrogens with zero attached hydrogens (tertiary/aromatic N) is 2. The van der Waals surface area contributed by atoms with Crippen molar-refractivity contribution in [2.75, 3.05) is 13.7 Å². The summed E-state index contributed by atoms with van der Waals surface area (Å²) in [6.07, 6.45) is 3.53. The number of carbonyl (C=O) groups is 1. The number of amides is 1. The Labute approximate surface area is 137 Å². The van der Waals surface area contributed by atoms with Crippen LogP contribution in [0, 0.1) is 27.7 Å². The lowest BCUT2D eigenvalue weighted by Gasteiger charge is -2.15. The van der Waals surface area contributed by atoms with Gasteiger partial charge in [0.15, 0.2) is 0 Å². The van der Waals surface area contributed by atoms with E-state index in [2.05, 4.69) is 16.4 Å². The van der Waals surface area contributed by atoms with E-state index < -0.39 is 0 Å². The van der Waals surface area contributed by atoms with E-state index in [9.17, 15) is 4.79 Å². The molecule has 124 valence electrons. The number of hydrogen-bond donors (Lipinski definition) is 1. The summed E-state index contributed by atoms with van der Waals surface area (Å²) in [6.45, 7) is 9.88. The fourth-order valence-corrected chi connectivity index (χ4v) is 2.70. The van der Waals surface area contributed by atoms with Gasteiger partial charge in [0.25, 0.3) is 5.91 Å². The summed E-state index contributed by atoms with van der Waals surface area (Å²) in [6, 6.07) is 2.13. The fourth-order valence-electron chi connectivity index (χ4n) is 2.70. The van der Waals surface area contributed by atoms with Crippen LogP contribution in [0.2, 0.25) is 0 Å². The van der Waals surface area contributed by atoms with Gasteiger partial charge in [-0.15, -0.1) is 0 Å². The van der Waals surface area contributed by atoms with Crippen LogP contribution in [-0.2, 0) is 17.8 Å². The first kappa shape index (κ1) is 17.2. The first-order valence-electron chi connectivity index (χ1n) is 7.79. The number of hydrogen-bond acceptors (Lipinski definition) is 3. The average molecular weight is 315 g/mol. The molecular weight excluding hydrogens is 290 g/mol. The minimum absolute atomic E-state index is 0.0358. The number of rotatable bonds is 6. The quantitative estimate of drug-likeness (QED) is 0.891. The Hall–Kier alpha value is -2.14. The van der Waals surface area contributed by atoms with Gasteiger partial charge in [0.2, 0.25) is 0 Å². The molecule has 1 aromatic carbocycles. The summed E-state index contributed by atoms with van der Waals surface area (Å²) in [7, 11) is 1.67. The number of methoxy groups -OCH3 is 1. The molecule has 1 heterocycles. The van der Waals surface area contributed by atoms with Crippen LogP contribution in [0.3, 0.4) is 0 Å². The summed E-state index contributed by atoms with van der Waals surface area (Å²) in [5.41, 5.74) is 6.12. The third kappa shape index (κ3) is 3.79. The number of benzene rings is 1. The first-order valence-corrected chi connectivity index (χ1v) is 7.79. The average Bonchev–Trinajstić information content (AvgIpc) is 2.96. The molecule has 1 amide bonds. The topological polar surface area (TPSA) is 56.1 Å². The zero-order valence-corrected chi connectivity index (χ0v) is 14.6. The molecule has 1 N–H and O–H groups in total. The van der Waals surface area contributed by atoms with Gasteiger partial charge in [0, 0.05) is 25.4 Å². The van der Waals surface area contributed by atoms with E-state index in [1.807, 2.05) is 32.3 Å². The van der Waals surface area contributed by atoms with Gasteiger partial charge in [0.05, 0.1) is 25.2 Å². The van der Waals surface area contributed by atoms with Crippen molar-refractivity contribution in [1.82, 2.24) is 14.9 Å². The van der Waals surface area contributed by atoms with E-state index in [4.69, 9.17) is 4.74 Å². The summed E-state index contributed by atoms with van der Waals surface area (Å²) >= 11 is 0. The Bertz CT molecular complexity index is 678. The Morgan fingerprint density at radius 3 is 2.48 bits per heavy atom. The van der Waals surface area contributed by atoms with E-state index >= 15 is 0 Å². The van der Waals surface area contributed by atoms with Gasteiger partial charge in [-0.3, -0.25) is 4.79 Å². The molecule has 0 fully saturated rings. The molecule has 2 aromatic rings. The van der Waals surface area contributed by atoms with Gasteiger partial charge < -0.3 is 14.6 Å². The SMILES string of the molecule is COCCn1cncc1CNC(=O)c1c(C)c(C)cc(C)c1C. The molecule has 0 aliphatic heterocycles. The van der Waals surface area contributed by atoms with Crippen molar-refractivity contribution in [3.63, 3.8) is 0 Å². The summed E-state index contributed by atoms with van der Waals surface area (Å²) in [5, 5.41) is 3.01. The van der Waals surface area contributed by atoms with Crippen molar-refractivity contribution in [2.45, 2.75) is 40.8 Å². The lowest BCUT2D eigenvalue weighted by atomic mass is 9.94. The molecule has 0 saturated carbocycles. The molecular formula is C18H25N3O2. The van der Waals surface area contributed by atoms with Crippen LogP contribution in [0.5, 0.6) is 0 Å². The molecule has 1 aromatic heterocycles. The second-order valence-corrected chi connectivity index (χ2v) is 5.89. The lowest BCUT2D eigenvalue weighted by Crippen LogP contribution is -2.26. The normalized spacial score (nSPS) is 10.8. The van der Waals surface area contributed by atoms with E-state index in [0.717, 1.165) is 40.1 Å². The van der Waals surface area contributed by atoms with Crippen LogP contribution in [0.4, 0.5) is 0 Å². The number of aryl methyl sites for hydroxylation is 2. The first-order chi connectivity index (χ1) is 11.0. The van der Waals surface area contributed by atoms with Crippen LogP contribution in [0.25, 0.3) is 0 Å². The highest BCUT2D eigenvalue weighted by Gasteiger charge is 2.16. The number of aromatic nitrogens is 2. The monoisotopic (exact) mass is 315 g/mol. The Morgan fingerprint density at radius 2 is 1.87 bits per heavy atom. The minimum atomic E-state index is -0.0358. The predicted molar refractivity (Wildman–Crippen MR) is 90.7 cm³/mol. The minimum Gasteiger partial charge on any atom is -0.383 e. The standard InChI is InChI=1S/C18H25N3O2/c1-12-8-13(2)15(4)17(14(12)3)18(22)20-10-16-9-19-11-21(16)6-7-23-5/h8-9,11H,6-7,10H2,1-5H3,(H,20,22). The van der Waals surface area contributed by atoms with Crippen molar-refractivity contribution < 1.29 is 9.53 Å². The van der Waals surface area contributed by atoms with Gasteiger partial charge in [-0.25, -0.2) is 4.98 Å². The number of carbonyl (C=O) groups excluding carboxylic acids is 1. The lowest BCUT2D eigenvalue weighted by molar-refractivity contribution is 0.0948. The highest BCUT2D eigenvalue weighted by Crippen LogP contribution is 2.21. The maximum absolute atomic E-state index is 12.6. The molecule has 0 saturated heterocycles. The second-order valence-electron chi connectivity index (χ2n) is 5.89. The zero-order valence-electron chi connectivity index (χ0n) is 14.6. The highest BCUT2D eigenvalue weighted by molar-refractivity contribution is 5.97. The maximum Gasteiger partial charge on any atom is 0.252 e. The van der Waals surface area contributed by atoms with E-state index in [1.165, 1.54) is 0 Å². The van der Waals surface area contributed by atoms with E-state index in [-0.39, 0.29) is 5.91 Å². The molecule has 5 nitrogen and oxygen atoms in total. The molecule has 0 atom stereocenters. The van der Waals surface area contributed by atoms with Gasteiger partial charge in [-0.1, -0.05) is 6.07 Å². The van der Waals surface area contributed by atoms with E-state index in [0.29, 0.717) is 13.2 Å². The number of imidazole rings is 1. The summed E-state index contributed by atoms with van der Waals surface area (Å²) in [5.74, 6) is -0.0358. The van der Waals surface area contributed by atoms with Gasteiger partial charge >= 0.3 is 0 Å². The molecule has 0 bridgehead atoms. The molecule has 0 aliphatic carbocycles. The van der Waals surface area contributed by atoms with Crippen LogP contribution >= 0.6 is 0 Å². The van der Waals surface area contributed by atoms with Gasteiger partial charge in [0.1, 0.15) is 0 Å². The predicted octanol–water partition coefficient (Wildman–Crippen LogP) is 2.69. The Kier molecular flexibility index (Phi) is 5.55. The number of nitrogens with one attached hydrogen (secondary N) is 1. The van der Waals surface area contributed by atoms with Crippen LogP contribution in [0.1, 0.15) is 38.3 Å². The molecule has 0 radical (unpaired) electrons. The van der Waals surface area contributed by atoms with Crippen LogP contribution in [-0.4, -0.2) is 29.2 Å². The zero-order chi connectivity index (χ0) is 17.0. The fraction of sp³-hybridized carbons (Fsp3) is 0.444. The van der Waals surface area contributed by atoms with Crippen LogP contribution < -0.4 is 5.32 Å². The van der Waals surface area contributed by atoms with Crippen molar-refractivity contribution in [3.05, 3.63) is 52.1 Å². The Balaban J connectivity index is 2.14. The van der Waals surface area contributed by atoms with Crippen molar-refractivity contribution in [2.24, 2.45) is 0 Å². The molecule has 0 aliphatic rings. The summed E-state index contributed by atoms with van der Waals surface area (Å²) < 4.78 is 7.08. The molecule has 23 heavy (non-hydrogen) atoms. The van der Waals surface area contributed by atoms with Crippen molar-refractivity contribution >= 4 is 5.91 Å². The smallest absolute Gasteiger partial charge is 0.252 e. The third-order valence-electron chi connectivity index (χ3n) is 4.36. The van der Waals surface area contributed by atoms with Crippen LogP contribution in [0.15, 0.2) is 18.6 Å². The largest absolute Gasteiger partial charge is 0.383 e. The molecule has 5 heteroatoms. The Morgan fingerprint density at radius 1 is 1.22 bits per heavy atom. The molecule has 0 unspecified atom stereocenters. The number of ether oxygens (including phenoxy) is 1. The molecule has 0 spiro atoms. The maximum atomic E-state index is 12.6. The van der Waals surface area contributed by atoms with Gasteiger partial charge in [-0.05, 0) is 49.9 Å². The second kappa shape index (κ2) is 7.42. The van der Waals surface area contributed by atoms with Gasteiger partial charge in [-0.2, -0.15) is 0 Å². The van der Waals surface area contributed by atoms with Crippen molar-refractivity contribution in [1.29, 1.82) is 0 Å². The van der Waals surface area contributed by atoms with E-state index in [1.54, 1.807) is 19.6 Å². The molecule has 2 rings (SSSR count). The highest BCUT2D eigenvalue weighted by atomic mass is 16.5. The van der Waals surface area contributed by atoms with Crippen molar-refractivity contribution in [3.8, 4) is 0 Å².